The summed E-state index contributed by atoms with van der Waals surface area (Å²) in [5, 5.41) is 17.8. The highest BCUT2D eigenvalue weighted by atomic mass is 19.1. The van der Waals surface area contributed by atoms with Gasteiger partial charge >= 0.3 is 0 Å². The average molecular weight is 661 g/mol. The lowest BCUT2D eigenvalue weighted by molar-refractivity contribution is 0.0755. The van der Waals surface area contributed by atoms with E-state index in [0.717, 1.165) is 30.9 Å². The number of aryl methyl sites for hydroxylation is 1. The summed E-state index contributed by atoms with van der Waals surface area (Å²) in [7, 11) is 0. The van der Waals surface area contributed by atoms with E-state index >= 15 is 0 Å². The van der Waals surface area contributed by atoms with Gasteiger partial charge in [0, 0.05) is 47.9 Å². The molecule has 3 N–H and O–H groups in total. The van der Waals surface area contributed by atoms with Crippen LogP contribution in [0, 0.1) is 11.6 Å². The standard InChI is InChI=1S/C38H46F2N4O4/c1-6-13-44(14-7-2)37(47)29-21-27(20-28(22-29)36-41-12-15-48-36)35(46)43-33(19-26-17-31(39)23-32(40)18-26)34(45)24-42-38(4,5)30-11-9-10-25(8-3)16-30/h9-12,15-18,20-23,33-34,42,45H,6-8,13-14,19,24H2,1-5H3,(H,43,46)/t33-,34+/m0/s1. The average Bonchev–Trinajstić information content (AvgIpc) is 3.61. The number of aromatic nitrogens is 1. The van der Waals surface area contributed by atoms with Crippen molar-refractivity contribution < 1.29 is 27.9 Å². The number of benzene rings is 3. The molecule has 2 amide bonds. The van der Waals surface area contributed by atoms with Crippen LogP contribution in [0.3, 0.4) is 0 Å². The van der Waals surface area contributed by atoms with E-state index in [4.69, 9.17) is 4.42 Å². The first-order valence-corrected chi connectivity index (χ1v) is 16.6. The summed E-state index contributed by atoms with van der Waals surface area (Å²) in [6, 6.07) is 15.1. The van der Waals surface area contributed by atoms with Crippen molar-refractivity contribution in [3.8, 4) is 11.5 Å². The van der Waals surface area contributed by atoms with Gasteiger partial charge in [-0.3, -0.25) is 9.59 Å². The Labute approximate surface area is 281 Å². The van der Waals surface area contributed by atoms with Crippen molar-refractivity contribution >= 4 is 11.8 Å². The molecule has 4 aromatic rings. The predicted octanol–water partition coefficient (Wildman–Crippen LogP) is 6.67. The lowest BCUT2D eigenvalue weighted by Crippen LogP contribution is -2.51. The largest absolute Gasteiger partial charge is 0.445 e. The summed E-state index contributed by atoms with van der Waals surface area (Å²) in [6.45, 7) is 11.2. The minimum absolute atomic E-state index is 0.0546. The van der Waals surface area contributed by atoms with Crippen molar-refractivity contribution in [2.24, 2.45) is 0 Å². The molecule has 256 valence electrons. The Morgan fingerprint density at radius 1 is 0.938 bits per heavy atom. The first-order chi connectivity index (χ1) is 22.9. The van der Waals surface area contributed by atoms with Crippen LogP contribution in [-0.2, 0) is 18.4 Å². The molecule has 1 heterocycles. The monoisotopic (exact) mass is 660 g/mol. The van der Waals surface area contributed by atoms with Gasteiger partial charge in [0.05, 0.1) is 18.3 Å². The van der Waals surface area contributed by atoms with E-state index < -0.39 is 35.2 Å². The number of oxazole rings is 1. The van der Waals surface area contributed by atoms with Crippen LogP contribution < -0.4 is 10.6 Å². The van der Waals surface area contributed by atoms with E-state index in [2.05, 4.69) is 34.7 Å². The van der Waals surface area contributed by atoms with Crippen LogP contribution in [0.25, 0.3) is 11.5 Å². The highest BCUT2D eigenvalue weighted by Crippen LogP contribution is 2.24. The zero-order valence-electron chi connectivity index (χ0n) is 28.4. The minimum Gasteiger partial charge on any atom is -0.445 e. The molecular weight excluding hydrogens is 614 g/mol. The van der Waals surface area contributed by atoms with Crippen LogP contribution >= 0.6 is 0 Å². The second-order valence-corrected chi connectivity index (χ2v) is 12.6. The molecule has 1 aromatic heterocycles. The van der Waals surface area contributed by atoms with Crippen LogP contribution in [0.15, 0.2) is 77.5 Å². The number of aliphatic hydroxyl groups excluding tert-OH is 1. The normalized spacial score (nSPS) is 12.8. The van der Waals surface area contributed by atoms with Gasteiger partial charge in [-0.1, -0.05) is 45.0 Å². The van der Waals surface area contributed by atoms with Gasteiger partial charge in [-0.15, -0.1) is 0 Å². The molecule has 0 aliphatic heterocycles. The van der Waals surface area contributed by atoms with Crippen LogP contribution in [0.1, 0.15) is 84.9 Å². The Morgan fingerprint density at radius 2 is 1.62 bits per heavy atom. The van der Waals surface area contributed by atoms with Crippen molar-refractivity contribution in [1.82, 2.24) is 20.5 Å². The molecule has 0 saturated heterocycles. The number of nitrogens with zero attached hydrogens (tertiary/aromatic N) is 2. The Morgan fingerprint density at radius 3 is 2.25 bits per heavy atom. The lowest BCUT2D eigenvalue weighted by atomic mass is 9.91. The van der Waals surface area contributed by atoms with Crippen LogP contribution in [0.4, 0.5) is 8.78 Å². The SMILES string of the molecule is CCCN(CCC)C(=O)c1cc(C(=O)N[C@@H](Cc2cc(F)cc(F)c2)[C@H](O)CNC(C)(C)c2cccc(CC)c2)cc(-c2ncco2)c1. The molecule has 0 spiro atoms. The summed E-state index contributed by atoms with van der Waals surface area (Å²) >= 11 is 0. The number of carbonyl (C=O) groups excluding carboxylic acids is 2. The number of aliphatic hydroxyl groups is 1. The molecule has 0 radical (unpaired) electrons. The van der Waals surface area contributed by atoms with E-state index in [1.807, 2.05) is 39.8 Å². The number of rotatable bonds is 16. The summed E-state index contributed by atoms with van der Waals surface area (Å²) in [6.07, 6.45) is 4.09. The van der Waals surface area contributed by atoms with Crippen molar-refractivity contribution in [2.45, 2.75) is 78.0 Å². The summed E-state index contributed by atoms with van der Waals surface area (Å²) < 4.78 is 33.9. The molecule has 48 heavy (non-hydrogen) atoms. The summed E-state index contributed by atoms with van der Waals surface area (Å²) in [4.78, 5) is 33.5. The number of carbonyl (C=O) groups is 2. The third-order valence-electron chi connectivity index (χ3n) is 8.36. The first kappa shape index (κ1) is 36.4. The molecule has 4 rings (SSSR count). The Hall–Kier alpha value is -4.41. The lowest BCUT2D eigenvalue weighted by Gasteiger charge is -2.31. The van der Waals surface area contributed by atoms with E-state index in [-0.39, 0.29) is 35.9 Å². The second-order valence-electron chi connectivity index (χ2n) is 12.6. The van der Waals surface area contributed by atoms with Gasteiger partial charge in [-0.2, -0.15) is 0 Å². The Balaban J connectivity index is 1.65. The van der Waals surface area contributed by atoms with Gasteiger partial charge in [0.2, 0.25) is 5.89 Å². The second kappa shape index (κ2) is 16.6. The molecule has 0 unspecified atom stereocenters. The fourth-order valence-corrected chi connectivity index (χ4v) is 5.71. The molecule has 0 saturated carbocycles. The molecular formula is C38H46F2N4O4. The zero-order valence-corrected chi connectivity index (χ0v) is 28.4. The molecule has 8 nitrogen and oxygen atoms in total. The molecule has 10 heteroatoms. The van der Waals surface area contributed by atoms with E-state index in [1.54, 1.807) is 17.0 Å². The van der Waals surface area contributed by atoms with Crippen molar-refractivity contribution in [2.75, 3.05) is 19.6 Å². The van der Waals surface area contributed by atoms with Gasteiger partial charge in [0.25, 0.3) is 11.8 Å². The topological polar surface area (TPSA) is 108 Å². The van der Waals surface area contributed by atoms with Gasteiger partial charge in [0.1, 0.15) is 17.9 Å². The number of hydrogen-bond donors (Lipinski definition) is 3. The molecule has 0 bridgehead atoms. The van der Waals surface area contributed by atoms with Gasteiger partial charge in [0.15, 0.2) is 0 Å². The highest BCUT2D eigenvalue weighted by Gasteiger charge is 2.28. The van der Waals surface area contributed by atoms with Crippen molar-refractivity contribution in [3.05, 3.63) is 113 Å². The van der Waals surface area contributed by atoms with Crippen LogP contribution in [0.5, 0.6) is 0 Å². The number of nitrogens with one attached hydrogen (secondary N) is 2. The smallest absolute Gasteiger partial charge is 0.253 e. The summed E-state index contributed by atoms with van der Waals surface area (Å²) in [5.74, 6) is -2.09. The zero-order chi connectivity index (χ0) is 34.8. The van der Waals surface area contributed by atoms with Crippen LogP contribution in [0.2, 0.25) is 0 Å². The van der Waals surface area contributed by atoms with Crippen LogP contribution in [-0.4, -0.2) is 58.6 Å². The quantitative estimate of drug-likeness (QED) is 0.124. The third-order valence-corrected chi connectivity index (χ3v) is 8.36. The molecule has 0 fully saturated rings. The fraction of sp³-hybridized carbons (Fsp3) is 0.395. The first-order valence-electron chi connectivity index (χ1n) is 16.6. The fourth-order valence-electron chi connectivity index (χ4n) is 5.71. The van der Waals surface area contributed by atoms with E-state index in [1.165, 1.54) is 36.2 Å². The van der Waals surface area contributed by atoms with Gasteiger partial charge in [-0.25, -0.2) is 13.8 Å². The van der Waals surface area contributed by atoms with Gasteiger partial charge < -0.3 is 25.1 Å². The van der Waals surface area contributed by atoms with E-state index in [0.29, 0.717) is 24.2 Å². The Kier molecular flexibility index (Phi) is 12.6. The number of halogens is 2. The predicted molar refractivity (Wildman–Crippen MR) is 183 cm³/mol. The maximum atomic E-state index is 14.2. The number of hydrogen-bond acceptors (Lipinski definition) is 6. The molecule has 0 aliphatic rings. The highest BCUT2D eigenvalue weighted by molar-refractivity contribution is 6.01. The maximum Gasteiger partial charge on any atom is 0.253 e. The van der Waals surface area contributed by atoms with Gasteiger partial charge in [-0.05, 0) is 86.6 Å². The number of amides is 2. The van der Waals surface area contributed by atoms with Crippen molar-refractivity contribution in [3.63, 3.8) is 0 Å². The maximum absolute atomic E-state index is 14.2. The van der Waals surface area contributed by atoms with Crippen molar-refractivity contribution in [1.29, 1.82) is 0 Å². The minimum atomic E-state index is -1.16. The molecule has 3 aromatic carbocycles. The molecule has 0 aliphatic carbocycles. The Bertz CT molecular complexity index is 1650. The summed E-state index contributed by atoms with van der Waals surface area (Å²) in [5.41, 5.74) is 2.82. The van der Waals surface area contributed by atoms with E-state index in [9.17, 15) is 23.5 Å². The third kappa shape index (κ3) is 9.58. The molecule has 2 atom stereocenters.